The Morgan fingerprint density at radius 3 is 2.87 bits per heavy atom. The predicted octanol–water partition coefficient (Wildman–Crippen LogP) is 1.74. The Hall–Kier alpha value is -1.95. The molecule has 1 saturated heterocycles. The van der Waals surface area contributed by atoms with Gasteiger partial charge < -0.3 is 10.2 Å². The van der Waals surface area contributed by atoms with Crippen molar-refractivity contribution in [3.63, 3.8) is 0 Å². The van der Waals surface area contributed by atoms with Crippen molar-refractivity contribution in [1.29, 1.82) is 0 Å². The number of fused-ring (bicyclic) bond motifs is 1. The first kappa shape index (κ1) is 15.9. The number of nitrogens with zero attached hydrogens (tertiary/aromatic N) is 4. The molecule has 3 heterocycles. The van der Waals surface area contributed by atoms with Crippen molar-refractivity contribution in [2.24, 2.45) is 13.0 Å². The molecule has 0 saturated carbocycles. The summed E-state index contributed by atoms with van der Waals surface area (Å²) in [5.74, 6) is 0.393. The molecule has 2 aromatic heterocycles. The molecule has 1 amide bonds. The number of pyridine rings is 1. The van der Waals surface area contributed by atoms with Crippen LogP contribution in [0.1, 0.15) is 35.8 Å². The normalized spacial score (nSPS) is 16.8. The standard InChI is InChI=1S/C17H25N5O/c1-12(11-22-6-4-5-7-22)9-19-17(23)14-8-15-13(2)20-21(3)16(15)18-10-14/h8,10,12H,4-7,9,11H2,1-3H3,(H,19,23). The molecule has 0 radical (unpaired) electrons. The molecule has 6 heteroatoms. The summed E-state index contributed by atoms with van der Waals surface area (Å²) in [5.41, 5.74) is 2.30. The fraction of sp³-hybridized carbons (Fsp3) is 0.588. The highest BCUT2D eigenvalue weighted by atomic mass is 16.1. The van der Waals surface area contributed by atoms with Crippen molar-refractivity contribution in [1.82, 2.24) is 25.0 Å². The van der Waals surface area contributed by atoms with Gasteiger partial charge in [-0.25, -0.2) is 4.98 Å². The zero-order valence-corrected chi connectivity index (χ0v) is 14.2. The van der Waals surface area contributed by atoms with Crippen LogP contribution >= 0.6 is 0 Å². The van der Waals surface area contributed by atoms with Gasteiger partial charge in [0, 0.05) is 31.7 Å². The van der Waals surface area contributed by atoms with E-state index in [9.17, 15) is 4.79 Å². The molecule has 0 bridgehead atoms. The Morgan fingerprint density at radius 2 is 2.13 bits per heavy atom. The lowest BCUT2D eigenvalue weighted by Gasteiger charge is -2.20. The molecule has 1 aliphatic heterocycles. The van der Waals surface area contributed by atoms with Crippen LogP contribution in [-0.2, 0) is 7.05 Å². The van der Waals surface area contributed by atoms with Crippen LogP contribution in [-0.4, -0.2) is 51.8 Å². The average Bonchev–Trinajstić information content (AvgIpc) is 3.13. The van der Waals surface area contributed by atoms with Gasteiger partial charge in [-0.3, -0.25) is 9.48 Å². The topological polar surface area (TPSA) is 63.1 Å². The van der Waals surface area contributed by atoms with E-state index in [1.54, 1.807) is 10.9 Å². The lowest BCUT2D eigenvalue weighted by Crippen LogP contribution is -2.34. The van der Waals surface area contributed by atoms with Crippen molar-refractivity contribution < 1.29 is 4.79 Å². The monoisotopic (exact) mass is 315 g/mol. The molecule has 0 spiro atoms. The number of carbonyl (C=O) groups is 1. The van der Waals surface area contributed by atoms with Gasteiger partial charge in [0.25, 0.3) is 5.91 Å². The minimum Gasteiger partial charge on any atom is -0.352 e. The number of hydrogen-bond acceptors (Lipinski definition) is 4. The van der Waals surface area contributed by atoms with Gasteiger partial charge in [0.05, 0.1) is 11.3 Å². The summed E-state index contributed by atoms with van der Waals surface area (Å²) in [7, 11) is 1.86. The van der Waals surface area contributed by atoms with Crippen LogP contribution in [0, 0.1) is 12.8 Å². The van der Waals surface area contributed by atoms with Crippen LogP contribution < -0.4 is 5.32 Å². The fourth-order valence-electron chi connectivity index (χ4n) is 3.27. The number of aryl methyl sites for hydroxylation is 2. The van der Waals surface area contributed by atoms with E-state index < -0.39 is 0 Å². The van der Waals surface area contributed by atoms with Crippen molar-refractivity contribution in [3.05, 3.63) is 23.5 Å². The zero-order valence-electron chi connectivity index (χ0n) is 14.2. The average molecular weight is 315 g/mol. The van der Waals surface area contributed by atoms with Crippen LogP contribution in [0.3, 0.4) is 0 Å². The summed E-state index contributed by atoms with van der Waals surface area (Å²) in [5, 5.41) is 8.31. The summed E-state index contributed by atoms with van der Waals surface area (Å²) in [6, 6.07) is 1.88. The third-order valence-electron chi connectivity index (χ3n) is 4.50. The molecule has 0 aliphatic carbocycles. The first-order chi connectivity index (χ1) is 11.0. The largest absolute Gasteiger partial charge is 0.352 e. The molecule has 1 N–H and O–H groups in total. The van der Waals surface area contributed by atoms with Gasteiger partial charge in [0.15, 0.2) is 5.65 Å². The van der Waals surface area contributed by atoms with Crippen LogP contribution in [0.2, 0.25) is 0 Å². The molecule has 1 unspecified atom stereocenters. The van der Waals surface area contributed by atoms with Crippen molar-refractivity contribution in [2.75, 3.05) is 26.2 Å². The molecular formula is C17H25N5O. The van der Waals surface area contributed by atoms with E-state index in [0.29, 0.717) is 18.0 Å². The molecular weight excluding hydrogens is 290 g/mol. The molecule has 1 atom stereocenters. The van der Waals surface area contributed by atoms with Gasteiger partial charge in [0.2, 0.25) is 0 Å². The maximum absolute atomic E-state index is 12.4. The van der Waals surface area contributed by atoms with E-state index in [-0.39, 0.29) is 5.91 Å². The third kappa shape index (κ3) is 3.52. The van der Waals surface area contributed by atoms with E-state index >= 15 is 0 Å². The van der Waals surface area contributed by atoms with Gasteiger partial charge in [0.1, 0.15) is 0 Å². The second-order valence-corrected chi connectivity index (χ2v) is 6.63. The van der Waals surface area contributed by atoms with Gasteiger partial charge >= 0.3 is 0 Å². The van der Waals surface area contributed by atoms with Crippen molar-refractivity contribution in [3.8, 4) is 0 Å². The molecule has 23 heavy (non-hydrogen) atoms. The Morgan fingerprint density at radius 1 is 1.39 bits per heavy atom. The molecule has 124 valence electrons. The van der Waals surface area contributed by atoms with E-state index in [0.717, 1.165) is 23.3 Å². The minimum absolute atomic E-state index is 0.0593. The Balaban J connectivity index is 1.60. The van der Waals surface area contributed by atoms with Crippen molar-refractivity contribution in [2.45, 2.75) is 26.7 Å². The zero-order chi connectivity index (χ0) is 16.4. The number of carbonyl (C=O) groups excluding carboxylic acids is 1. The quantitative estimate of drug-likeness (QED) is 0.913. The van der Waals surface area contributed by atoms with Crippen molar-refractivity contribution >= 4 is 16.9 Å². The van der Waals surface area contributed by atoms with Gasteiger partial charge in [-0.15, -0.1) is 0 Å². The Kier molecular flexibility index (Phi) is 4.61. The smallest absolute Gasteiger partial charge is 0.252 e. The number of amides is 1. The number of nitrogens with one attached hydrogen (secondary N) is 1. The van der Waals surface area contributed by atoms with Crippen LogP contribution in [0.15, 0.2) is 12.3 Å². The molecule has 3 rings (SSSR count). The first-order valence-electron chi connectivity index (χ1n) is 8.34. The molecule has 1 fully saturated rings. The highest BCUT2D eigenvalue weighted by Crippen LogP contribution is 2.16. The number of likely N-dealkylation sites (tertiary alicyclic amines) is 1. The maximum atomic E-state index is 12.4. The summed E-state index contributed by atoms with van der Waals surface area (Å²) < 4.78 is 1.74. The molecule has 6 nitrogen and oxygen atoms in total. The number of rotatable bonds is 5. The second-order valence-electron chi connectivity index (χ2n) is 6.63. The summed E-state index contributed by atoms with van der Waals surface area (Å²) in [4.78, 5) is 19.2. The lowest BCUT2D eigenvalue weighted by molar-refractivity contribution is 0.0945. The van der Waals surface area contributed by atoms with E-state index in [4.69, 9.17) is 0 Å². The lowest BCUT2D eigenvalue weighted by atomic mass is 10.1. The van der Waals surface area contributed by atoms with E-state index in [1.807, 2.05) is 20.0 Å². The number of hydrogen-bond donors (Lipinski definition) is 1. The highest BCUT2D eigenvalue weighted by Gasteiger charge is 2.16. The molecule has 2 aromatic rings. The van der Waals surface area contributed by atoms with Gasteiger partial charge in [-0.05, 0) is 44.8 Å². The summed E-state index contributed by atoms with van der Waals surface area (Å²) >= 11 is 0. The Bertz CT molecular complexity index is 702. The Labute approximate surface area is 136 Å². The summed E-state index contributed by atoms with van der Waals surface area (Å²) in [6.45, 7) is 8.26. The minimum atomic E-state index is -0.0593. The van der Waals surface area contributed by atoms with Gasteiger partial charge in [-0.2, -0.15) is 5.10 Å². The van der Waals surface area contributed by atoms with Crippen LogP contribution in [0.4, 0.5) is 0 Å². The third-order valence-corrected chi connectivity index (χ3v) is 4.50. The highest BCUT2D eigenvalue weighted by molar-refractivity contribution is 5.97. The maximum Gasteiger partial charge on any atom is 0.252 e. The van der Waals surface area contributed by atoms with E-state index in [2.05, 4.69) is 27.2 Å². The summed E-state index contributed by atoms with van der Waals surface area (Å²) in [6.07, 6.45) is 4.23. The number of aromatic nitrogens is 3. The van der Waals surface area contributed by atoms with Crippen LogP contribution in [0.5, 0.6) is 0 Å². The second kappa shape index (κ2) is 6.66. The molecule has 1 aliphatic rings. The van der Waals surface area contributed by atoms with E-state index in [1.165, 1.54) is 25.9 Å². The van der Waals surface area contributed by atoms with Crippen LogP contribution in [0.25, 0.3) is 11.0 Å². The predicted molar refractivity (Wildman–Crippen MR) is 90.4 cm³/mol. The SMILES string of the molecule is Cc1nn(C)c2ncc(C(=O)NCC(C)CN3CCCC3)cc12. The van der Waals surface area contributed by atoms with Gasteiger partial charge in [-0.1, -0.05) is 6.92 Å². The fourth-order valence-corrected chi connectivity index (χ4v) is 3.27. The molecule has 0 aromatic carbocycles. The first-order valence-corrected chi connectivity index (χ1v) is 8.34.